The fourth-order valence-electron chi connectivity index (χ4n) is 2.23. The molecule has 0 bridgehead atoms. The van der Waals surface area contributed by atoms with Gasteiger partial charge in [-0.2, -0.15) is 0 Å². The normalized spacial score (nSPS) is 12.4. The van der Waals surface area contributed by atoms with Gasteiger partial charge in [0.1, 0.15) is 16.9 Å². The molecule has 1 aromatic heterocycles. The molecule has 0 radical (unpaired) electrons. The Bertz CT molecular complexity index is 688. The molecule has 0 fully saturated rings. The van der Waals surface area contributed by atoms with Crippen molar-refractivity contribution in [1.29, 1.82) is 0 Å². The van der Waals surface area contributed by atoms with Crippen LogP contribution < -0.4 is 0 Å². The molecule has 1 aromatic carbocycles. The largest absolute Gasteiger partial charge is 0.480 e. The van der Waals surface area contributed by atoms with Crippen molar-refractivity contribution in [3.63, 3.8) is 0 Å². The first kappa shape index (κ1) is 16.3. The number of thiazole rings is 1. The topological polar surface area (TPSA) is 70.5 Å². The molecule has 2 aromatic rings. The van der Waals surface area contributed by atoms with Crippen molar-refractivity contribution in [3.8, 4) is 0 Å². The molecule has 5 nitrogen and oxygen atoms in total. The second-order valence-electron chi connectivity index (χ2n) is 4.85. The zero-order chi connectivity index (χ0) is 16.3. The minimum Gasteiger partial charge on any atom is -0.480 e. The Labute approximate surface area is 131 Å². The third-order valence-electron chi connectivity index (χ3n) is 3.25. The van der Waals surface area contributed by atoms with E-state index < -0.39 is 23.6 Å². The van der Waals surface area contributed by atoms with E-state index in [0.29, 0.717) is 0 Å². The van der Waals surface area contributed by atoms with Crippen LogP contribution >= 0.6 is 11.3 Å². The van der Waals surface area contributed by atoms with Gasteiger partial charge in [0.25, 0.3) is 0 Å². The zero-order valence-electron chi connectivity index (χ0n) is 12.1. The average Bonchev–Trinajstić information content (AvgIpc) is 2.93. The third-order valence-corrected chi connectivity index (χ3v) is 4.01. The molecular weight excluding hydrogens is 307 g/mol. The Balaban J connectivity index is 2.38. The molecule has 2 rings (SSSR count). The van der Waals surface area contributed by atoms with Crippen molar-refractivity contribution >= 4 is 23.1 Å². The Kier molecular flexibility index (Phi) is 4.99. The molecule has 0 aliphatic carbocycles. The summed E-state index contributed by atoms with van der Waals surface area (Å²) in [5.41, 5.74) is -0.134. The molecule has 0 aliphatic heterocycles. The fraction of sp³-hybridized carbons (Fsp3) is 0.267. The molecule has 0 saturated heterocycles. The van der Waals surface area contributed by atoms with Gasteiger partial charge in [0.15, 0.2) is 5.78 Å². The number of hydrogen-bond acceptors (Lipinski definition) is 5. The number of nitrogens with zero attached hydrogens (tertiary/aromatic N) is 2. The van der Waals surface area contributed by atoms with Crippen LogP contribution in [0.2, 0.25) is 0 Å². The number of hydrogen-bond donors (Lipinski definition) is 1. The van der Waals surface area contributed by atoms with E-state index >= 15 is 0 Å². The van der Waals surface area contributed by atoms with E-state index in [1.54, 1.807) is 18.6 Å². The molecular formula is C15H15FN2O3S. The number of halogens is 1. The van der Waals surface area contributed by atoms with Crippen LogP contribution in [0.3, 0.4) is 0 Å². The van der Waals surface area contributed by atoms with Gasteiger partial charge in [-0.1, -0.05) is 12.1 Å². The van der Waals surface area contributed by atoms with Crippen LogP contribution in [0.5, 0.6) is 0 Å². The Hall–Kier alpha value is -2.12. The van der Waals surface area contributed by atoms with Crippen molar-refractivity contribution in [2.45, 2.75) is 19.5 Å². The van der Waals surface area contributed by atoms with Gasteiger partial charge in [-0.25, -0.2) is 9.37 Å². The van der Waals surface area contributed by atoms with Crippen LogP contribution in [-0.2, 0) is 11.3 Å². The van der Waals surface area contributed by atoms with Crippen LogP contribution in [0.4, 0.5) is 4.39 Å². The van der Waals surface area contributed by atoms with Crippen molar-refractivity contribution in [3.05, 3.63) is 51.7 Å². The summed E-state index contributed by atoms with van der Waals surface area (Å²) in [4.78, 5) is 28.6. The lowest BCUT2D eigenvalue weighted by atomic mass is 10.00. The molecule has 0 aliphatic rings. The van der Waals surface area contributed by atoms with Crippen LogP contribution in [-0.4, -0.2) is 33.8 Å². The number of carbonyl (C=O) groups excluding carboxylic acids is 1. The van der Waals surface area contributed by atoms with Crippen molar-refractivity contribution in [2.24, 2.45) is 0 Å². The highest BCUT2D eigenvalue weighted by molar-refractivity contribution is 7.09. The molecule has 22 heavy (non-hydrogen) atoms. The van der Waals surface area contributed by atoms with Crippen molar-refractivity contribution in [2.75, 3.05) is 7.05 Å². The molecule has 1 heterocycles. The molecule has 0 saturated carbocycles. The lowest BCUT2D eigenvalue weighted by molar-refractivity contribution is -0.143. The summed E-state index contributed by atoms with van der Waals surface area (Å²) in [5.74, 6) is -2.40. The first-order valence-corrected chi connectivity index (χ1v) is 7.40. The second-order valence-corrected chi connectivity index (χ2v) is 5.83. The smallest absolute Gasteiger partial charge is 0.325 e. The van der Waals surface area contributed by atoms with E-state index in [0.717, 1.165) is 5.01 Å². The average molecular weight is 322 g/mol. The quantitative estimate of drug-likeness (QED) is 0.828. The van der Waals surface area contributed by atoms with Crippen LogP contribution in [0.1, 0.15) is 33.9 Å². The van der Waals surface area contributed by atoms with E-state index in [1.165, 1.54) is 41.4 Å². The maximum atomic E-state index is 14.4. The summed E-state index contributed by atoms with van der Waals surface area (Å²) in [6.45, 7) is 1.52. The number of carboxylic acids is 1. The standard InChI is InChI=1S/C15H15FN2O3S/c1-9(19)10-4-3-5-11(13(10)16)14(15(20)21)18(2)8-12-17-6-7-22-12/h3-7,14H,8H2,1-2H3,(H,20,21)/t14-/m0/s1. The van der Waals surface area contributed by atoms with Crippen molar-refractivity contribution < 1.29 is 19.1 Å². The Morgan fingerprint density at radius 3 is 2.73 bits per heavy atom. The minimum atomic E-state index is -1.19. The van der Waals surface area contributed by atoms with Gasteiger partial charge in [0.2, 0.25) is 0 Å². The van der Waals surface area contributed by atoms with E-state index in [-0.39, 0.29) is 17.7 Å². The van der Waals surface area contributed by atoms with E-state index in [4.69, 9.17) is 0 Å². The number of rotatable bonds is 6. The number of likely N-dealkylation sites (N-methyl/N-ethyl adjacent to an activating group) is 1. The van der Waals surface area contributed by atoms with Gasteiger partial charge >= 0.3 is 5.97 Å². The Morgan fingerprint density at radius 2 is 2.18 bits per heavy atom. The predicted molar refractivity (Wildman–Crippen MR) is 80.4 cm³/mol. The molecule has 116 valence electrons. The highest BCUT2D eigenvalue weighted by Crippen LogP contribution is 2.26. The Morgan fingerprint density at radius 1 is 1.45 bits per heavy atom. The lowest BCUT2D eigenvalue weighted by Gasteiger charge is -2.24. The van der Waals surface area contributed by atoms with Gasteiger partial charge in [0, 0.05) is 17.1 Å². The maximum absolute atomic E-state index is 14.4. The van der Waals surface area contributed by atoms with Gasteiger partial charge in [-0.05, 0) is 20.0 Å². The number of Topliss-reactive ketones (excluding diaryl/α,β-unsaturated/α-hetero) is 1. The highest BCUT2D eigenvalue weighted by Gasteiger charge is 2.29. The van der Waals surface area contributed by atoms with Crippen LogP contribution in [0, 0.1) is 5.82 Å². The van der Waals surface area contributed by atoms with Crippen LogP contribution in [0.25, 0.3) is 0 Å². The molecule has 0 amide bonds. The van der Waals surface area contributed by atoms with Crippen molar-refractivity contribution in [1.82, 2.24) is 9.88 Å². The highest BCUT2D eigenvalue weighted by atomic mass is 32.1. The van der Waals surface area contributed by atoms with Gasteiger partial charge in [-0.3, -0.25) is 14.5 Å². The summed E-state index contributed by atoms with van der Waals surface area (Å²) < 4.78 is 14.4. The monoisotopic (exact) mass is 322 g/mol. The summed E-state index contributed by atoms with van der Waals surface area (Å²) in [5, 5.41) is 12.0. The van der Waals surface area contributed by atoms with Gasteiger partial charge in [0.05, 0.1) is 12.1 Å². The number of aliphatic carboxylic acids is 1. The number of carbonyl (C=O) groups is 2. The molecule has 1 N–H and O–H groups in total. The third kappa shape index (κ3) is 3.37. The zero-order valence-corrected chi connectivity index (χ0v) is 12.9. The molecule has 0 spiro atoms. The molecule has 7 heteroatoms. The lowest BCUT2D eigenvalue weighted by Crippen LogP contribution is -2.31. The summed E-state index contributed by atoms with van der Waals surface area (Å²) >= 11 is 1.39. The maximum Gasteiger partial charge on any atom is 0.325 e. The first-order chi connectivity index (χ1) is 10.4. The summed E-state index contributed by atoms with van der Waals surface area (Å²) in [6, 6.07) is 3.03. The van der Waals surface area contributed by atoms with Gasteiger partial charge < -0.3 is 5.11 Å². The predicted octanol–water partition coefficient (Wildman–Crippen LogP) is 2.74. The second kappa shape index (κ2) is 6.76. The van der Waals surface area contributed by atoms with Crippen LogP contribution in [0.15, 0.2) is 29.8 Å². The first-order valence-electron chi connectivity index (χ1n) is 6.52. The van der Waals surface area contributed by atoms with E-state index in [2.05, 4.69) is 4.98 Å². The molecule has 0 unspecified atom stereocenters. The van der Waals surface area contributed by atoms with E-state index in [9.17, 15) is 19.1 Å². The SMILES string of the molecule is CC(=O)c1cccc([C@@H](C(=O)O)N(C)Cc2nccs2)c1F. The van der Waals surface area contributed by atoms with E-state index in [1.807, 2.05) is 0 Å². The molecule has 1 atom stereocenters. The number of aromatic nitrogens is 1. The van der Waals surface area contributed by atoms with Gasteiger partial charge in [-0.15, -0.1) is 11.3 Å². The number of benzene rings is 1. The minimum absolute atomic E-state index is 0.0285. The fourth-order valence-corrected chi connectivity index (χ4v) is 2.91. The number of ketones is 1. The number of carboxylic acid groups (broad SMARTS) is 1. The summed E-state index contributed by atoms with van der Waals surface area (Å²) in [6.07, 6.45) is 1.63. The summed E-state index contributed by atoms with van der Waals surface area (Å²) in [7, 11) is 1.58.